The molecular weight excluding hydrogens is 380 g/mol. The molecule has 0 saturated heterocycles. The smallest absolute Gasteiger partial charge is 0.242 e. The van der Waals surface area contributed by atoms with E-state index < -0.39 is 0 Å². The predicted octanol–water partition coefficient (Wildman–Crippen LogP) is 3.88. The summed E-state index contributed by atoms with van der Waals surface area (Å²) < 4.78 is 1.73. The van der Waals surface area contributed by atoms with Gasteiger partial charge < -0.3 is 9.47 Å². The number of nitrogens with zero attached hydrogens (tertiary/aromatic N) is 2. The average Bonchev–Trinajstić information content (AvgIpc) is 3.03. The maximum atomic E-state index is 12.5. The van der Waals surface area contributed by atoms with Crippen LogP contribution in [0.1, 0.15) is 15.9 Å². The van der Waals surface area contributed by atoms with Crippen molar-refractivity contribution >= 4 is 37.4 Å². The summed E-state index contributed by atoms with van der Waals surface area (Å²) in [4.78, 5) is 25.9. The minimum Gasteiger partial charge on any atom is -0.344 e. The van der Waals surface area contributed by atoms with Crippen LogP contribution in [0.5, 0.6) is 0 Å². The lowest BCUT2D eigenvalue weighted by Crippen LogP contribution is -2.31. The summed E-state index contributed by atoms with van der Waals surface area (Å²) in [6.45, 7) is 0.932. The van der Waals surface area contributed by atoms with Gasteiger partial charge in [0.1, 0.15) is 6.54 Å². The zero-order valence-electron chi connectivity index (χ0n) is 14.0. The van der Waals surface area contributed by atoms with Crippen molar-refractivity contribution in [2.24, 2.45) is 0 Å². The maximum Gasteiger partial charge on any atom is 0.242 e. The van der Waals surface area contributed by atoms with Crippen molar-refractivity contribution < 1.29 is 9.59 Å². The van der Waals surface area contributed by atoms with Crippen molar-refractivity contribution in [2.75, 3.05) is 13.6 Å². The molecule has 0 aliphatic carbocycles. The molecular formula is C20H19BrN2O2. The van der Waals surface area contributed by atoms with Gasteiger partial charge in [-0.3, -0.25) is 9.59 Å². The van der Waals surface area contributed by atoms with Crippen LogP contribution < -0.4 is 0 Å². The number of amides is 1. The lowest BCUT2D eigenvalue weighted by Gasteiger charge is -2.18. The average molecular weight is 399 g/mol. The zero-order chi connectivity index (χ0) is 17.8. The van der Waals surface area contributed by atoms with E-state index in [9.17, 15) is 9.59 Å². The van der Waals surface area contributed by atoms with Gasteiger partial charge in [0, 0.05) is 36.3 Å². The molecule has 25 heavy (non-hydrogen) atoms. The third-order valence-electron chi connectivity index (χ3n) is 4.34. The highest BCUT2D eigenvalue weighted by atomic mass is 79.9. The first kappa shape index (κ1) is 17.4. The Bertz CT molecular complexity index is 902. The van der Waals surface area contributed by atoms with Crippen molar-refractivity contribution in [3.05, 3.63) is 71.9 Å². The molecule has 3 rings (SSSR count). The Kier molecular flexibility index (Phi) is 5.34. The summed E-state index contributed by atoms with van der Waals surface area (Å²) in [5.41, 5.74) is 2.71. The summed E-state index contributed by atoms with van der Waals surface area (Å²) in [6.07, 6.45) is 2.69. The van der Waals surface area contributed by atoms with Gasteiger partial charge in [-0.2, -0.15) is 0 Å². The Morgan fingerprint density at radius 3 is 2.52 bits per heavy atom. The second-order valence-corrected chi connectivity index (χ2v) is 6.73. The van der Waals surface area contributed by atoms with Gasteiger partial charge in [0.25, 0.3) is 0 Å². The second kappa shape index (κ2) is 7.66. The number of hydrogen-bond donors (Lipinski definition) is 0. The van der Waals surface area contributed by atoms with E-state index in [-0.39, 0.29) is 17.1 Å². The van der Waals surface area contributed by atoms with Gasteiger partial charge in [-0.1, -0.05) is 36.4 Å². The monoisotopic (exact) mass is 398 g/mol. The van der Waals surface area contributed by atoms with Crippen molar-refractivity contribution in [3.63, 3.8) is 0 Å². The maximum absolute atomic E-state index is 12.5. The van der Waals surface area contributed by atoms with Crippen LogP contribution in [-0.4, -0.2) is 33.7 Å². The molecule has 0 spiro atoms. The molecule has 0 bridgehead atoms. The van der Waals surface area contributed by atoms with Crippen LogP contribution >= 0.6 is 15.9 Å². The molecule has 4 nitrogen and oxygen atoms in total. The lowest BCUT2D eigenvalue weighted by molar-refractivity contribution is -0.130. The van der Waals surface area contributed by atoms with Crippen molar-refractivity contribution in [2.45, 2.75) is 13.0 Å². The number of carbonyl (C=O) groups excluding carboxylic acids is 2. The number of benzene rings is 2. The number of likely N-dealkylation sites (N-methyl/N-ethyl adjacent to an activating group) is 1. The minimum atomic E-state index is -0.151. The number of rotatable bonds is 6. The number of fused-ring (bicyclic) bond motifs is 1. The highest BCUT2D eigenvalue weighted by molar-refractivity contribution is 9.18. The summed E-state index contributed by atoms with van der Waals surface area (Å²) in [7, 11) is 1.82. The van der Waals surface area contributed by atoms with E-state index in [0.29, 0.717) is 12.1 Å². The van der Waals surface area contributed by atoms with Gasteiger partial charge in [0.15, 0.2) is 0 Å². The van der Waals surface area contributed by atoms with Crippen LogP contribution in [0.4, 0.5) is 0 Å². The van der Waals surface area contributed by atoms with Gasteiger partial charge in [-0.05, 0) is 46.1 Å². The van der Waals surface area contributed by atoms with E-state index >= 15 is 0 Å². The Morgan fingerprint density at radius 1 is 1.04 bits per heavy atom. The van der Waals surface area contributed by atoms with E-state index in [1.807, 2.05) is 54.2 Å². The largest absolute Gasteiger partial charge is 0.344 e. The molecule has 3 aromatic rings. The van der Waals surface area contributed by atoms with Gasteiger partial charge in [0.05, 0.1) is 0 Å². The molecule has 0 saturated carbocycles. The second-order valence-electron chi connectivity index (χ2n) is 6.01. The topological polar surface area (TPSA) is 42.3 Å². The fourth-order valence-electron chi connectivity index (χ4n) is 2.87. The van der Waals surface area contributed by atoms with E-state index in [2.05, 4.69) is 28.1 Å². The summed E-state index contributed by atoms with van der Waals surface area (Å²) in [6, 6.07) is 17.5. The van der Waals surface area contributed by atoms with Gasteiger partial charge in [-0.15, -0.1) is 0 Å². The summed E-state index contributed by atoms with van der Waals surface area (Å²) in [5.74, 6) is 0.0454. The van der Waals surface area contributed by atoms with Gasteiger partial charge in [-0.25, -0.2) is 0 Å². The van der Waals surface area contributed by atoms with Crippen LogP contribution in [0, 0.1) is 0 Å². The number of halogens is 1. The highest BCUT2D eigenvalue weighted by Gasteiger charge is 2.14. The van der Waals surface area contributed by atoms with Crippen molar-refractivity contribution in [1.29, 1.82) is 0 Å². The van der Waals surface area contributed by atoms with Crippen molar-refractivity contribution in [1.82, 2.24) is 9.47 Å². The van der Waals surface area contributed by atoms with Gasteiger partial charge in [0.2, 0.25) is 10.6 Å². The molecule has 1 aromatic heterocycles. The van der Waals surface area contributed by atoms with Crippen LogP contribution in [0.15, 0.2) is 60.8 Å². The summed E-state index contributed by atoms with van der Waals surface area (Å²) >= 11 is 3.01. The molecule has 0 N–H and O–H groups in total. The first-order valence-corrected chi connectivity index (χ1v) is 8.91. The quantitative estimate of drug-likeness (QED) is 0.591. The molecule has 5 heteroatoms. The number of carbonyl (C=O) groups is 2. The van der Waals surface area contributed by atoms with Crippen LogP contribution in [0.3, 0.4) is 0 Å². The Balaban J connectivity index is 1.69. The molecule has 0 atom stereocenters. The SMILES string of the molecule is CN(CCc1ccccc1)C(=O)Cn1ccc2c(C(=O)Br)cccc21. The standard InChI is InChI=1S/C20H19BrN2O2/c1-22(12-10-15-6-3-2-4-7-15)19(24)14-23-13-11-16-17(20(21)25)8-5-9-18(16)23/h2-9,11,13H,10,12,14H2,1H3. The van der Waals surface area contributed by atoms with Gasteiger partial charge >= 0.3 is 0 Å². The first-order chi connectivity index (χ1) is 12.1. The fourth-order valence-corrected chi connectivity index (χ4v) is 3.21. The molecule has 0 unspecified atom stereocenters. The Morgan fingerprint density at radius 2 is 1.80 bits per heavy atom. The van der Waals surface area contributed by atoms with Crippen molar-refractivity contribution in [3.8, 4) is 0 Å². The Hall–Kier alpha value is -2.40. The molecule has 1 heterocycles. The fraction of sp³-hybridized carbons (Fsp3) is 0.200. The molecule has 2 aromatic carbocycles. The molecule has 128 valence electrons. The molecule has 0 fully saturated rings. The summed E-state index contributed by atoms with van der Waals surface area (Å²) in [5, 5.41) is 0.851. The zero-order valence-corrected chi connectivity index (χ0v) is 15.6. The van der Waals surface area contributed by atoms with E-state index in [1.54, 1.807) is 11.0 Å². The molecule has 0 radical (unpaired) electrons. The lowest BCUT2D eigenvalue weighted by atomic mass is 10.1. The Labute approximate surface area is 155 Å². The third-order valence-corrected chi connectivity index (χ3v) is 4.76. The van der Waals surface area contributed by atoms with E-state index in [1.165, 1.54) is 5.56 Å². The van der Waals surface area contributed by atoms with Crippen LogP contribution in [-0.2, 0) is 17.8 Å². The number of hydrogen-bond acceptors (Lipinski definition) is 2. The third kappa shape index (κ3) is 3.99. The van der Waals surface area contributed by atoms with Crippen LogP contribution in [0.25, 0.3) is 10.9 Å². The normalized spacial score (nSPS) is 10.8. The molecule has 1 amide bonds. The van der Waals surface area contributed by atoms with E-state index in [0.717, 1.165) is 17.3 Å². The molecule has 0 aliphatic rings. The predicted molar refractivity (Wildman–Crippen MR) is 103 cm³/mol. The first-order valence-electron chi connectivity index (χ1n) is 8.12. The minimum absolute atomic E-state index is 0.0454. The van der Waals surface area contributed by atoms with E-state index in [4.69, 9.17) is 0 Å². The number of aromatic nitrogens is 1. The molecule has 0 aliphatic heterocycles. The highest BCUT2D eigenvalue weighted by Crippen LogP contribution is 2.22. The van der Waals surface area contributed by atoms with Crippen LogP contribution in [0.2, 0.25) is 0 Å².